The minimum absolute atomic E-state index is 0.298. The standard InChI is InChI=1S/C8H3Cl2N2O2P/c9-6-1-2-8(7(10)3-6)15(11-4-13)12-5-14/h1-3H. The number of hydrogen-bond acceptors (Lipinski definition) is 4. The van der Waals surface area contributed by atoms with Crippen LogP contribution in [0.3, 0.4) is 0 Å². The predicted octanol–water partition coefficient (Wildman–Crippen LogP) is 2.60. The Morgan fingerprint density at radius 3 is 2.20 bits per heavy atom. The molecule has 15 heavy (non-hydrogen) atoms. The molecule has 0 aliphatic carbocycles. The van der Waals surface area contributed by atoms with Crippen LogP contribution in [0.4, 0.5) is 0 Å². The lowest BCUT2D eigenvalue weighted by Gasteiger charge is -2.04. The van der Waals surface area contributed by atoms with Crippen LogP contribution in [-0.2, 0) is 9.59 Å². The van der Waals surface area contributed by atoms with Crippen LogP contribution >= 0.6 is 31.4 Å². The molecule has 0 unspecified atom stereocenters. The fraction of sp³-hybridized carbons (Fsp3) is 0. The summed E-state index contributed by atoms with van der Waals surface area (Å²) in [6.45, 7) is 0. The Balaban J connectivity index is 3.22. The largest absolute Gasteiger partial charge is 0.241 e. The summed E-state index contributed by atoms with van der Waals surface area (Å²) in [4.78, 5) is 20.2. The lowest BCUT2D eigenvalue weighted by atomic mass is 10.4. The minimum atomic E-state index is -1.68. The van der Waals surface area contributed by atoms with E-state index in [2.05, 4.69) is 9.53 Å². The maximum atomic E-state index is 10.1. The van der Waals surface area contributed by atoms with Crippen LogP contribution in [-0.4, -0.2) is 12.2 Å². The first-order valence-electron chi connectivity index (χ1n) is 3.60. The molecule has 0 N–H and O–H groups in total. The van der Waals surface area contributed by atoms with E-state index in [1.54, 1.807) is 12.1 Å². The molecule has 0 saturated heterocycles. The normalized spacial score (nSPS) is 11.1. The zero-order chi connectivity index (χ0) is 11.3. The van der Waals surface area contributed by atoms with Crippen LogP contribution in [0.25, 0.3) is 0 Å². The van der Waals surface area contributed by atoms with Gasteiger partial charge in [-0.1, -0.05) is 23.2 Å². The quantitative estimate of drug-likeness (QED) is 0.477. The summed E-state index contributed by atoms with van der Waals surface area (Å²) in [6, 6.07) is 4.60. The molecule has 0 spiro atoms. The van der Waals surface area contributed by atoms with E-state index in [4.69, 9.17) is 23.2 Å². The number of halogens is 2. The van der Waals surface area contributed by atoms with Gasteiger partial charge in [-0.15, -0.1) is 0 Å². The fourth-order valence-corrected chi connectivity index (χ4v) is 2.36. The number of isocyanates is 2. The number of benzene rings is 1. The van der Waals surface area contributed by atoms with Gasteiger partial charge in [0.25, 0.3) is 0 Å². The van der Waals surface area contributed by atoms with Crippen molar-refractivity contribution < 1.29 is 9.59 Å². The molecule has 76 valence electrons. The lowest BCUT2D eigenvalue weighted by Crippen LogP contribution is -1.99. The van der Waals surface area contributed by atoms with Crippen molar-refractivity contribution in [2.45, 2.75) is 0 Å². The Bertz CT molecular complexity index is 450. The number of carbonyl (C=O) groups excluding carboxylic acids is 2. The first-order chi connectivity index (χ1) is 7.19. The highest BCUT2D eigenvalue weighted by Gasteiger charge is 2.13. The van der Waals surface area contributed by atoms with Gasteiger partial charge in [-0.05, 0) is 18.2 Å². The van der Waals surface area contributed by atoms with Gasteiger partial charge in [-0.2, -0.15) is 9.53 Å². The number of nitrogens with zero attached hydrogens (tertiary/aromatic N) is 2. The van der Waals surface area contributed by atoms with E-state index in [1.165, 1.54) is 18.2 Å². The van der Waals surface area contributed by atoms with Crippen molar-refractivity contribution in [1.82, 2.24) is 0 Å². The third kappa shape index (κ3) is 3.24. The smallest absolute Gasteiger partial charge is 0.211 e. The topological polar surface area (TPSA) is 58.9 Å². The van der Waals surface area contributed by atoms with E-state index in [0.717, 1.165) is 0 Å². The van der Waals surface area contributed by atoms with Gasteiger partial charge in [0.15, 0.2) is 8.22 Å². The summed E-state index contributed by atoms with van der Waals surface area (Å²) < 4.78 is 6.75. The molecule has 0 aromatic heterocycles. The first kappa shape index (κ1) is 12.1. The molecule has 0 atom stereocenters. The molecule has 4 nitrogen and oxygen atoms in total. The van der Waals surface area contributed by atoms with Crippen LogP contribution in [0.2, 0.25) is 10.0 Å². The van der Waals surface area contributed by atoms with Gasteiger partial charge in [0.1, 0.15) is 0 Å². The van der Waals surface area contributed by atoms with Gasteiger partial charge < -0.3 is 0 Å². The van der Waals surface area contributed by atoms with Gasteiger partial charge >= 0.3 is 0 Å². The van der Waals surface area contributed by atoms with Gasteiger partial charge in [0.05, 0.1) is 5.02 Å². The molecule has 0 bridgehead atoms. The van der Waals surface area contributed by atoms with Crippen LogP contribution in [0, 0.1) is 0 Å². The van der Waals surface area contributed by atoms with Crippen LogP contribution in [0.15, 0.2) is 27.7 Å². The molecule has 1 aromatic carbocycles. The molecule has 0 radical (unpaired) electrons. The van der Waals surface area contributed by atoms with Gasteiger partial charge in [-0.25, -0.2) is 9.59 Å². The van der Waals surface area contributed by atoms with Crippen molar-refractivity contribution in [3.05, 3.63) is 28.2 Å². The van der Waals surface area contributed by atoms with Crippen molar-refractivity contribution >= 4 is 48.9 Å². The van der Waals surface area contributed by atoms with E-state index < -0.39 is 8.22 Å². The van der Waals surface area contributed by atoms with Crippen LogP contribution in [0.5, 0.6) is 0 Å². The second-order valence-electron chi connectivity index (χ2n) is 2.27. The first-order valence-corrected chi connectivity index (χ1v) is 5.60. The average molecular weight is 261 g/mol. The zero-order valence-electron chi connectivity index (χ0n) is 7.15. The van der Waals surface area contributed by atoms with E-state index in [-0.39, 0.29) is 0 Å². The molecule has 0 heterocycles. The molecular weight excluding hydrogens is 258 g/mol. The summed E-state index contributed by atoms with van der Waals surface area (Å²) in [7, 11) is -1.68. The fourth-order valence-electron chi connectivity index (χ4n) is 0.851. The van der Waals surface area contributed by atoms with Gasteiger partial charge in [0, 0.05) is 10.3 Å². The Morgan fingerprint density at radius 1 is 1.13 bits per heavy atom. The molecule has 0 aliphatic rings. The van der Waals surface area contributed by atoms with Crippen molar-refractivity contribution in [2.24, 2.45) is 9.53 Å². The zero-order valence-corrected chi connectivity index (χ0v) is 9.55. The monoisotopic (exact) mass is 260 g/mol. The SMILES string of the molecule is O=C=NP(N=C=O)c1ccc(Cl)cc1Cl. The average Bonchev–Trinajstić information content (AvgIpc) is 2.17. The summed E-state index contributed by atoms with van der Waals surface area (Å²) in [6.07, 6.45) is 2.66. The molecule has 0 aliphatic heterocycles. The van der Waals surface area contributed by atoms with Gasteiger partial charge in [0.2, 0.25) is 12.2 Å². The Morgan fingerprint density at radius 2 is 1.73 bits per heavy atom. The summed E-state index contributed by atoms with van der Waals surface area (Å²) >= 11 is 11.5. The Labute approximate surface area is 96.5 Å². The summed E-state index contributed by atoms with van der Waals surface area (Å²) in [5, 5.41) is 1.21. The third-order valence-electron chi connectivity index (χ3n) is 1.40. The molecule has 0 saturated carbocycles. The highest BCUT2D eigenvalue weighted by Crippen LogP contribution is 2.39. The van der Waals surface area contributed by atoms with E-state index in [0.29, 0.717) is 15.3 Å². The number of rotatable bonds is 3. The second kappa shape index (κ2) is 5.77. The highest BCUT2D eigenvalue weighted by atomic mass is 35.5. The Hall–Kier alpha value is -1.01. The molecule has 0 fully saturated rings. The van der Waals surface area contributed by atoms with E-state index in [1.807, 2.05) is 0 Å². The maximum Gasteiger partial charge on any atom is 0.241 e. The molecule has 1 aromatic rings. The van der Waals surface area contributed by atoms with Crippen molar-refractivity contribution in [3.8, 4) is 0 Å². The summed E-state index contributed by atoms with van der Waals surface area (Å²) in [5.74, 6) is 0. The highest BCUT2D eigenvalue weighted by molar-refractivity contribution is 7.63. The van der Waals surface area contributed by atoms with Crippen molar-refractivity contribution in [1.29, 1.82) is 0 Å². The Kier molecular flexibility index (Phi) is 4.64. The molecule has 1 rings (SSSR count). The molecular formula is C8H3Cl2N2O2P. The lowest BCUT2D eigenvalue weighted by molar-refractivity contribution is 0.566. The number of hydrogen-bond donors (Lipinski definition) is 0. The van der Waals surface area contributed by atoms with Crippen LogP contribution in [0.1, 0.15) is 0 Å². The van der Waals surface area contributed by atoms with Gasteiger partial charge in [-0.3, -0.25) is 0 Å². The van der Waals surface area contributed by atoms with E-state index in [9.17, 15) is 9.59 Å². The summed E-state index contributed by atoms with van der Waals surface area (Å²) in [5.41, 5.74) is 0. The van der Waals surface area contributed by atoms with E-state index >= 15 is 0 Å². The van der Waals surface area contributed by atoms with Crippen molar-refractivity contribution in [2.75, 3.05) is 0 Å². The third-order valence-corrected chi connectivity index (χ3v) is 3.44. The van der Waals surface area contributed by atoms with Crippen LogP contribution < -0.4 is 5.30 Å². The molecule has 7 heteroatoms. The molecule has 0 amide bonds. The predicted molar refractivity (Wildman–Crippen MR) is 59.3 cm³/mol. The van der Waals surface area contributed by atoms with Crippen molar-refractivity contribution in [3.63, 3.8) is 0 Å². The second-order valence-corrected chi connectivity index (χ2v) is 4.57. The minimum Gasteiger partial charge on any atom is -0.211 e. The maximum absolute atomic E-state index is 10.1.